The van der Waals surface area contributed by atoms with E-state index in [0.717, 1.165) is 41.5 Å². The first-order chi connectivity index (χ1) is 13.6. The summed E-state index contributed by atoms with van der Waals surface area (Å²) in [5, 5.41) is 1.77. The van der Waals surface area contributed by atoms with Gasteiger partial charge in [-0.2, -0.15) is 0 Å². The monoisotopic (exact) mass is 372 g/mol. The van der Waals surface area contributed by atoms with Gasteiger partial charge in [-0.1, -0.05) is 67.6 Å². The van der Waals surface area contributed by atoms with Gasteiger partial charge in [0.2, 0.25) is 0 Å². The number of hydrogen-bond acceptors (Lipinski definition) is 2. The van der Waals surface area contributed by atoms with Gasteiger partial charge in [-0.25, -0.2) is 0 Å². The maximum atomic E-state index is 13.1. The number of nitrogens with zero attached hydrogens (tertiary/aromatic N) is 2. The van der Waals surface area contributed by atoms with Gasteiger partial charge in [0.05, 0.1) is 0 Å². The molecule has 0 bridgehead atoms. The lowest BCUT2D eigenvalue weighted by molar-refractivity contribution is 0.268. The molecule has 0 amide bonds. The fourth-order valence-electron chi connectivity index (χ4n) is 3.75. The Kier molecular flexibility index (Phi) is 6.62. The van der Waals surface area contributed by atoms with E-state index in [2.05, 4.69) is 37.1 Å². The van der Waals surface area contributed by atoms with E-state index in [0.29, 0.717) is 12.5 Å². The Hall–Kier alpha value is -2.91. The molecule has 0 N–H and O–H groups in total. The predicted molar refractivity (Wildman–Crippen MR) is 120 cm³/mol. The molecule has 0 fully saturated rings. The highest BCUT2D eigenvalue weighted by molar-refractivity contribution is 5.95. The molecule has 0 saturated heterocycles. The Bertz CT molecular complexity index is 994. The van der Waals surface area contributed by atoms with Crippen LogP contribution in [0.4, 0.5) is 0 Å². The van der Waals surface area contributed by atoms with E-state index < -0.39 is 0 Å². The topological polar surface area (TPSA) is 25.2 Å². The summed E-state index contributed by atoms with van der Waals surface area (Å²) in [7, 11) is 0. The smallest absolute Gasteiger partial charge is 0.258 e. The zero-order valence-electron chi connectivity index (χ0n) is 16.6. The average Bonchev–Trinajstić information content (AvgIpc) is 2.71. The summed E-state index contributed by atoms with van der Waals surface area (Å²) >= 11 is 0. The molecule has 144 valence electrons. The van der Waals surface area contributed by atoms with Crippen molar-refractivity contribution in [2.24, 2.45) is 5.92 Å². The van der Waals surface area contributed by atoms with Crippen LogP contribution in [0.15, 0.2) is 90.9 Å². The highest BCUT2D eigenvalue weighted by Crippen LogP contribution is 2.26. The first-order valence-electron chi connectivity index (χ1n) is 9.75. The minimum Gasteiger partial charge on any atom is -0.314 e. The van der Waals surface area contributed by atoms with Crippen molar-refractivity contribution >= 4 is 10.8 Å². The maximum Gasteiger partial charge on any atom is 0.258 e. The van der Waals surface area contributed by atoms with Crippen molar-refractivity contribution in [2.45, 2.75) is 13.5 Å². The predicted octanol–water partition coefficient (Wildman–Crippen LogP) is 4.98. The fraction of sp³-hybridized carbons (Fsp3) is 0.240. The molecule has 2 aromatic carbocycles. The van der Waals surface area contributed by atoms with Crippen LogP contribution < -0.4 is 5.56 Å². The van der Waals surface area contributed by atoms with Gasteiger partial charge in [-0.15, -0.1) is 13.2 Å². The molecule has 0 aliphatic carbocycles. The van der Waals surface area contributed by atoms with Crippen molar-refractivity contribution < 1.29 is 0 Å². The number of hydrogen-bond donors (Lipinski definition) is 0. The second-order valence-electron chi connectivity index (χ2n) is 7.31. The number of rotatable bonds is 9. The van der Waals surface area contributed by atoms with Crippen LogP contribution in [0.5, 0.6) is 0 Å². The highest BCUT2D eigenvalue weighted by atomic mass is 16.1. The molecule has 3 aromatic rings. The molecule has 1 unspecified atom stereocenters. The van der Waals surface area contributed by atoms with Crippen LogP contribution in [0.1, 0.15) is 6.92 Å². The molecule has 1 heterocycles. The summed E-state index contributed by atoms with van der Waals surface area (Å²) < 4.78 is 1.87. The number of aromatic nitrogens is 1. The van der Waals surface area contributed by atoms with E-state index in [4.69, 9.17) is 0 Å². The molecule has 0 radical (unpaired) electrons. The second-order valence-corrected chi connectivity index (χ2v) is 7.31. The third kappa shape index (κ3) is 4.49. The molecule has 1 atom stereocenters. The standard InChI is InChI=1S/C25H28N2O/c1-4-15-26(16-5-2)17-20(3)18-27-19-24(21-11-7-6-8-12-21)22-13-9-10-14-23(22)25(27)28/h4-14,19-20H,1-2,15-18H2,3H3. The molecule has 28 heavy (non-hydrogen) atoms. The normalized spacial score (nSPS) is 12.2. The highest BCUT2D eigenvalue weighted by Gasteiger charge is 2.14. The Morgan fingerprint density at radius 1 is 0.964 bits per heavy atom. The average molecular weight is 373 g/mol. The Morgan fingerprint density at radius 2 is 1.57 bits per heavy atom. The number of benzene rings is 2. The van der Waals surface area contributed by atoms with Crippen LogP contribution in [0.25, 0.3) is 21.9 Å². The lowest BCUT2D eigenvalue weighted by atomic mass is 10.0. The number of fused-ring (bicyclic) bond motifs is 1. The van der Waals surface area contributed by atoms with Crippen LogP contribution in [0.3, 0.4) is 0 Å². The lowest BCUT2D eigenvalue weighted by Gasteiger charge is -2.24. The first kappa shape index (κ1) is 19.8. The summed E-state index contributed by atoms with van der Waals surface area (Å²) in [6, 6.07) is 18.1. The van der Waals surface area contributed by atoms with Crippen molar-refractivity contribution in [3.05, 3.63) is 96.5 Å². The van der Waals surface area contributed by atoms with Gasteiger partial charge in [0.25, 0.3) is 5.56 Å². The van der Waals surface area contributed by atoms with Gasteiger partial charge in [-0.3, -0.25) is 9.69 Å². The Morgan fingerprint density at radius 3 is 2.21 bits per heavy atom. The molecular weight excluding hydrogens is 344 g/mol. The van der Waals surface area contributed by atoms with Gasteiger partial charge >= 0.3 is 0 Å². The van der Waals surface area contributed by atoms with E-state index in [1.165, 1.54) is 0 Å². The van der Waals surface area contributed by atoms with Crippen LogP contribution in [-0.4, -0.2) is 29.1 Å². The third-order valence-electron chi connectivity index (χ3n) is 4.93. The van der Waals surface area contributed by atoms with Gasteiger partial charge < -0.3 is 4.57 Å². The minimum atomic E-state index is 0.0705. The van der Waals surface area contributed by atoms with E-state index in [-0.39, 0.29) is 5.56 Å². The quantitative estimate of drug-likeness (QED) is 0.495. The SMILES string of the molecule is C=CCN(CC=C)CC(C)Cn1cc(-c2ccccc2)c2ccccc2c1=O. The molecule has 3 nitrogen and oxygen atoms in total. The zero-order valence-corrected chi connectivity index (χ0v) is 16.6. The molecule has 3 rings (SSSR count). The van der Waals surface area contributed by atoms with Crippen LogP contribution in [-0.2, 0) is 6.54 Å². The van der Waals surface area contributed by atoms with Crippen molar-refractivity contribution in [3.63, 3.8) is 0 Å². The molecule has 0 aliphatic heterocycles. The largest absolute Gasteiger partial charge is 0.314 e. The van der Waals surface area contributed by atoms with Crippen LogP contribution in [0.2, 0.25) is 0 Å². The van der Waals surface area contributed by atoms with Gasteiger partial charge in [0.15, 0.2) is 0 Å². The molecule has 3 heteroatoms. The van der Waals surface area contributed by atoms with E-state index in [9.17, 15) is 4.79 Å². The van der Waals surface area contributed by atoms with Crippen molar-refractivity contribution in [2.75, 3.05) is 19.6 Å². The van der Waals surface area contributed by atoms with Crippen molar-refractivity contribution in [1.82, 2.24) is 9.47 Å². The summed E-state index contributed by atoms with van der Waals surface area (Å²) in [4.78, 5) is 15.4. The van der Waals surface area contributed by atoms with Gasteiger partial charge in [-0.05, 0) is 22.9 Å². The second kappa shape index (κ2) is 9.34. The molecule has 1 aromatic heterocycles. The van der Waals surface area contributed by atoms with Crippen LogP contribution in [0, 0.1) is 5.92 Å². The lowest BCUT2D eigenvalue weighted by Crippen LogP contribution is -2.32. The Labute approximate surface area is 167 Å². The van der Waals surface area contributed by atoms with E-state index in [1.807, 2.05) is 65.4 Å². The molecule has 0 aliphatic rings. The molecule has 0 spiro atoms. The van der Waals surface area contributed by atoms with E-state index in [1.54, 1.807) is 0 Å². The van der Waals surface area contributed by atoms with Crippen LogP contribution >= 0.6 is 0 Å². The molecule has 0 saturated carbocycles. The zero-order chi connectivity index (χ0) is 19.9. The Balaban J connectivity index is 1.97. The van der Waals surface area contributed by atoms with Crippen molar-refractivity contribution in [1.29, 1.82) is 0 Å². The summed E-state index contributed by atoms with van der Waals surface area (Å²) in [5.41, 5.74) is 2.29. The first-order valence-corrected chi connectivity index (χ1v) is 9.75. The summed E-state index contributed by atoms with van der Waals surface area (Å²) in [6.45, 7) is 13.1. The van der Waals surface area contributed by atoms with E-state index >= 15 is 0 Å². The minimum absolute atomic E-state index is 0.0705. The van der Waals surface area contributed by atoms with Gasteiger partial charge in [0.1, 0.15) is 0 Å². The van der Waals surface area contributed by atoms with Crippen molar-refractivity contribution in [3.8, 4) is 11.1 Å². The molecular formula is C25H28N2O. The fourth-order valence-corrected chi connectivity index (χ4v) is 3.75. The third-order valence-corrected chi connectivity index (χ3v) is 4.93. The number of pyridine rings is 1. The van der Waals surface area contributed by atoms with Gasteiger partial charge in [0, 0.05) is 43.3 Å². The summed E-state index contributed by atoms with van der Waals surface area (Å²) in [6.07, 6.45) is 5.83. The summed E-state index contributed by atoms with van der Waals surface area (Å²) in [5.74, 6) is 0.322. The maximum absolute atomic E-state index is 13.1.